The zero-order valence-corrected chi connectivity index (χ0v) is 17.2. The van der Waals surface area contributed by atoms with Crippen molar-refractivity contribution in [2.45, 2.75) is 32.1 Å². The molecule has 0 bridgehead atoms. The highest BCUT2D eigenvalue weighted by atomic mass is 19.1. The molecule has 1 saturated carbocycles. The third-order valence-corrected chi connectivity index (χ3v) is 5.54. The molecule has 0 atom stereocenters. The molecule has 1 aliphatic carbocycles. The lowest BCUT2D eigenvalue weighted by molar-refractivity contribution is 0.102. The van der Waals surface area contributed by atoms with Crippen molar-refractivity contribution in [3.8, 4) is 5.69 Å². The van der Waals surface area contributed by atoms with Gasteiger partial charge in [0.1, 0.15) is 17.5 Å². The van der Waals surface area contributed by atoms with Crippen LogP contribution in [0.25, 0.3) is 16.7 Å². The number of carbonyl (C=O) groups excluding carboxylic acids is 1. The molecule has 0 radical (unpaired) electrons. The van der Waals surface area contributed by atoms with Crippen LogP contribution in [0.1, 0.15) is 47.4 Å². The van der Waals surface area contributed by atoms with Crippen LogP contribution in [0.15, 0.2) is 48.5 Å². The number of benzene rings is 2. The van der Waals surface area contributed by atoms with Crippen molar-refractivity contribution in [3.05, 3.63) is 82.9 Å². The van der Waals surface area contributed by atoms with E-state index in [1.54, 1.807) is 22.9 Å². The summed E-state index contributed by atoms with van der Waals surface area (Å²) in [6.45, 7) is 1.91. The Hall–Kier alpha value is -3.68. The second-order valence-electron chi connectivity index (χ2n) is 7.84. The number of carbonyl (C=O) groups is 1. The second-order valence-corrected chi connectivity index (χ2v) is 7.84. The molecule has 1 N–H and O–H groups in total. The van der Waals surface area contributed by atoms with Crippen molar-refractivity contribution < 1.29 is 18.0 Å². The highest BCUT2D eigenvalue weighted by Gasteiger charge is 2.32. The van der Waals surface area contributed by atoms with Crippen molar-refractivity contribution in [2.24, 2.45) is 0 Å². The van der Waals surface area contributed by atoms with Gasteiger partial charge in [0.05, 0.1) is 28.0 Å². The smallest absolute Gasteiger partial charge is 0.256 e. The molecule has 1 aliphatic rings. The summed E-state index contributed by atoms with van der Waals surface area (Å²) >= 11 is 0. The number of rotatable bonds is 5. The van der Waals surface area contributed by atoms with Gasteiger partial charge < -0.3 is 5.32 Å². The van der Waals surface area contributed by atoms with E-state index in [0.717, 1.165) is 36.7 Å². The molecule has 1 fully saturated rings. The van der Waals surface area contributed by atoms with Crippen LogP contribution >= 0.6 is 0 Å². The number of amides is 1. The maximum Gasteiger partial charge on any atom is 0.256 e. The van der Waals surface area contributed by atoms with Gasteiger partial charge in [0.2, 0.25) is 0 Å². The summed E-state index contributed by atoms with van der Waals surface area (Å²) in [5.74, 6) is -2.14. The molecule has 0 aliphatic heterocycles. The Kier molecular flexibility index (Phi) is 4.92. The maximum atomic E-state index is 14.1. The molecule has 2 aromatic heterocycles. The monoisotopic (exact) mass is 436 g/mol. The first-order chi connectivity index (χ1) is 15.4. The Morgan fingerprint density at radius 2 is 1.78 bits per heavy atom. The first-order valence-corrected chi connectivity index (χ1v) is 10.4. The van der Waals surface area contributed by atoms with Gasteiger partial charge in [-0.05, 0) is 61.7 Å². The molecule has 1 amide bonds. The van der Waals surface area contributed by atoms with E-state index in [1.807, 2.05) is 6.92 Å². The van der Waals surface area contributed by atoms with Gasteiger partial charge >= 0.3 is 0 Å². The van der Waals surface area contributed by atoms with E-state index in [1.165, 1.54) is 12.1 Å². The molecule has 5 rings (SSSR count). The third kappa shape index (κ3) is 3.62. The van der Waals surface area contributed by atoms with E-state index >= 15 is 0 Å². The van der Waals surface area contributed by atoms with Gasteiger partial charge in [-0.25, -0.2) is 22.8 Å². The van der Waals surface area contributed by atoms with Crippen LogP contribution in [0.4, 0.5) is 18.9 Å². The minimum absolute atomic E-state index is 0.186. The summed E-state index contributed by atoms with van der Waals surface area (Å²) in [6, 6.07) is 10.4. The summed E-state index contributed by atoms with van der Waals surface area (Å²) in [5.41, 5.74) is 2.52. The predicted octanol–water partition coefficient (Wildman–Crippen LogP) is 5.53. The summed E-state index contributed by atoms with van der Waals surface area (Å²) in [5, 5.41) is 7.78. The highest BCUT2D eigenvalue weighted by Crippen LogP contribution is 2.43. The van der Waals surface area contributed by atoms with E-state index in [9.17, 15) is 18.0 Å². The van der Waals surface area contributed by atoms with Gasteiger partial charge in [-0.15, -0.1) is 0 Å². The quantitative estimate of drug-likeness (QED) is 0.448. The molecule has 0 spiro atoms. The van der Waals surface area contributed by atoms with Crippen molar-refractivity contribution in [1.29, 1.82) is 0 Å². The van der Waals surface area contributed by atoms with E-state index in [2.05, 4.69) is 5.32 Å². The SMILES string of the molecule is CCc1cc(C(=O)Nc2cc(F)ccc2F)c2c(C3CC3)nn(-c3ccc(F)cc3)c2n1. The van der Waals surface area contributed by atoms with Crippen molar-refractivity contribution in [1.82, 2.24) is 14.8 Å². The Bertz CT molecular complexity index is 1340. The van der Waals surface area contributed by atoms with Crippen LogP contribution in [-0.2, 0) is 6.42 Å². The zero-order valence-electron chi connectivity index (χ0n) is 17.2. The minimum atomic E-state index is -0.731. The van der Waals surface area contributed by atoms with E-state index in [0.29, 0.717) is 34.4 Å². The van der Waals surface area contributed by atoms with Crippen molar-refractivity contribution in [3.63, 3.8) is 0 Å². The first-order valence-electron chi connectivity index (χ1n) is 10.4. The van der Waals surface area contributed by atoms with Gasteiger partial charge in [-0.3, -0.25) is 4.79 Å². The Balaban J connectivity index is 1.69. The van der Waals surface area contributed by atoms with Crippen molar-refractivity contribution >= 4 is 22.6 Å². The highest BCUT2D eigenvalue weighted by molar-refractivity contribution is 6.13. The molecule has 0 saturated heterocycles. The summed E-state index contributed by atoms with van der Waals surface area (Å²) in [7, 11) is 0. The number of hydrogen-bond donors (Lipinski definition) is 1. The van der Waals surface area contributed by atoms with Gasteiger partial charge in [-0.2, -0.15) is 5.10 Å². The molecular weight excluding hydrogens is 417 g/mol. The molecule has 162 valence electrons. The van der Waals surface area contributed by atoms with E-state index in [-0.39, 0.29) is 17.4 Å². The number of nitrogens with zero attached hydrogens (tertiary/aromatic N) is 3. The fourth-order valence-corrected chi connectivity index (χ4v) is 3.74. The fraction of sp³-hybridized carbons (Fsp3) is 0.208. The third-order valence-electron chi connectivity index (χ3n) is 5.54. The zero-order chi connectivity index (χ0) is 22.4. The number of halogens is 3. The lowest BCUT2D eigenvalue weighted by Gasteiger charge is -2.10. The Labute approximate surface area is 181 Å². The molecule has 8 heteroatoms. The molecule has 5 nitrogen and oxygen atoms in total. The van der Waals surface area contributed by atoms with Gasteiger partial charge in [0.25, 0.3) is 5.91 Å². The van der Waals surface area contributed by atoms with Crippen LogP contribution in [0.2, 0.25) is 0 Å². The fourth-order valence-electron chi connectivity index (χ4n) is 3.74. The van der Waals surface area contributed by atoms with Crippen molar-refractivity contribution in [2.75, 3.05) is 5.32 Å². The average molecular weight is 436 g/mol. The summed E-state index contributed by atoms with van der Waals surface area (Å²) in [4.78, 5) is 17.9. The number of aryl methyl sites for hydroxylation is 1. The minimum Gasteiger partial charge on any atom is -0.319 e. The maximum absolute atomic E-state index is 14.1. The second kappa shape index (κ2) is 7.78. The first kappa shape index (κ1) is 20.2. The number of aromatic nitrogens is 3. The molecule has 2 aromatic carbocycles. The van der Waals surface area contributed by atoms with Gasteiger partial charge in [0, 0.05) is 17.7 Å². The summed E-state index contributed by atoms with van der Waals surface area (Å²) < 4.78 is 42.8. The standard InChI is InChI=1S/C24H19F3N4O/c1-2-16-12-18(24(32)29-20-11-15(26)7-10-19(20)27)21-22(13-3-4-13)30-31(23(21)28-16)17-8-5-14(25)6-9-17/h5-13H,2-4H2,1H3,(H,29,32). The van der Waals surface area contributed by atoms with E-state index in [4.69, 9.17) is 10.1 Å². The van der Waals surface area contributed by atoms with Crippen LogP contribution < -0.4 is 5.32 Å². The molecule has 0 unspecified atom stereocenters. The normalized spacial score (nSPS) is 13.5. The summed E-state index contributed by atoms with van der Waals surface area (Å²) in [6.07, 6.45) is 2.42. The van der Waals surface area contributed by atoms with Crippen LogP contribution in [0, 0.1) is 17.5 Å². The van der Waals surface area contributed by atoms with Gasteiger partial charge in [-0.1, -0.05) is 6.92 Å². The van der Waals surface area contributed by atoms with Crippen LogP contribution in [0.3, 0.4) is 0 Å². The lowest BCUT2D eigenvalue weighted by atomic mass is 10.1. The number of anilines is 1. The lowest BCUT2D eigenvalue weighted by Crippen LogP contribution is -2.15. The average Bonchev–Trinajstić information content (AvgIpc) is 3.56. The largest absolute Gasteiger partial charge is 0.319 e. The van der Waals surface area contributed by atoms with E-state index < -0.39 is 17.5 Å². The number of hydrogen-bond acceptors (Lipinski definition) is 3. The molecular formula is C24H19F3N4O. The Morgan fingerprint density at radius 3 is 2.47 bits per heavy atom. The topological polar surface area (TPSA) is 59.8 Å². The number of pyridine rings is 1. The number of nitrogens with one attached hydrogen (secondary N) is 1. The molecule has 2 heterocycles. The Morgan fingerprint density at radius 1 is 1.06 bits per heavy atom. The van der Waals surface area contributed by atoms with Crippen LogP contribution in [-0.4, -0.2) is 20.7 Å². The van der Waals surface area contributed by atoms with Gasteiger partial charge in [0.15, 0.2) is 5.65 Å². The predicted molar refractivity (Wildman–Crippen MR) is 114 cm³/mol. The van der Waals surface area contributed by atoms with Crippen LogP contribution in [0.5, 0.6) is 0 Å². The number of fused-ring (bicyclic) bond motifs is 1. The molecule has 4 aromatic rings. The molecule has 32 heavy (non-hydrogen) atoms.